The number of morpholine rings is 1. The van der Waals surface area contributed by atoms with Gasteiger partial charge in [0, 0.05) is 30.8 Å². The number of pyridine rings is 1. The lowest BCUT2D eigenvalue weighted by Gasteiger charge is -2.36. The molecule has 3 rings (SSSR count). The molecule has 2 aromatic rings. The number of anilines is 2. The highest BCUT2D eigenvalue weighted by Crippen LogP contribution is 2.19. The van der Waals surface area contributed by atoms with Crippen LogP contribution in [0.5, 0.6) is 0 Å². The molecule has 2 atom stereocenters. The Balaban J connectivity index is 1.58. The molecular formula is C19H25N5O4. The van der Waals surface area contributed by atoms with Crippen molar-refractivity contribution in [2.45, 2.75) is 45.8 Å². The highest BCUT2D eigenvalue weighted by atomic mass is 16.5. The molecule has 9 heteroatoms. The molecule has 0 aliphatic carbocycles. The first-order valence-electron chi connectivity index (χ1n) is 9.30. The first kappa shape index (κ1) is 19.8. The second kappa shape index (κ2) is 8.39. The van der Waals surface area contributed by atoms with Gasteiger partial charge in [-0.1, -0.05) is 0 Å². The molecule has 1 fully saturated rings. The summed E-state index contributed by atoms with van der Waals surface area (Å²) in [4.78, 5) is 46.6. The molecule has 0 saturated carbocycles. The minimum absolute atomic E-state index is 0.121. The summed E-state index contributed by atoms with van der Waals surface area (Å²) in [6, 6.07) is 3.68. The summed E-state index contributed by atoms with van der Waals surface area (Å²) in [5, 5.41) is 2.78. The van der Waals surface area contributed by atoms with Crippen molar-refractivity contribution in [3.8, 4) is 0 Å². The smallest absolute Gasteiger partial charge is 0.325 e. The highest BCUT2D eigenvalue weighted by molar-refractivity contribution is 5.90. The molecule has 3 heterocycles. The van der Waals surface area contributed by atoms with Gasteiger partial charge in [0.15, 0.2) is 0 Å². The van der Waals surface area contributed by atoms with Gasteiger partial charge in [-0.05, 0) is 39.3 Å². The minimum atomic E-state index is -0.550. The standard InChI is InChI=1S/C19H25N5O4/c1-11-9-24(10-12(2)28-11)16-6-4-14(8-20-16)22-17(25)7-5-15-13(3)21-19(27)23-18(15)26/h4,6,8,11-12H,5,7,9-10H2,1-3H3,(H,22,25)(H2,21,23,26,27). The molecule has 0 radical (unpaired) electrons. The third-order valence-electron chi connectivity index (χ3n) is 4.63. The number of aryl methyl sites for hydroxylation is 1. The number of rotatable bonds is 5. The van der Waals surface area contributed by atoms with E-state index in [1.54, 1.807) is 13.1 Å². The fourth-order valence-corrected chi connectivity index (χ4v) is 3.40. The van der Waals surface area contributed by atoms with E-state index in [0.29, 0.717) is 16.9 Å². The number of carbonyl (C=O) groups excluding carboxylic acids is 1. The first-order chi connectivity index (χ1) is 13.3. The Morgan fingerprint density at radius 1 is 1.25 bits per heavy atom. The molecule has 9 nitrogen and oxygen atoms in total. The summed E-state index contributed by atoms with van der Waals surface area (Å²) in [6.45, 7) is 7.25. The van der Waals surface area contributed by atoms with Crippen molar-refractivity contribution in [1.29, 1.82) is 0 Å². The Hall–Kier alpha value is -2.94. The predicted octanol–water partition coefficient (Wildman–Crippen LogP) is 0.952. The molecule has 28 heavy (non-hydrogen) atoms. The Morgan fingerprint density at radius 3 is 2.57 bits per heavy atom. The van der Waals surface area contributed by atoms with E-state index in [4.69, 9.17) is 4.74 Å². The molecule has 1 saturated heterocycles. The van der Waals surface area contributed by atoms with E-state index < -0.39 is 11.2 Å². The van der Waals surface area contributed by atoms with Gasteiger partial charge in [-0.25, -0.2) is 9.78 Å². The number of nitrogens with one attached hydrogen (secondary N) is 3. The Kier molecular flexibility index (Phi) is 5.93. The van der Waals surface area contributed by atoms with Gasteiger partial charge in [-0.15, -0.1) is 0 Å². The SMILES string of the molecule is Cc1[nH]c(=O)[nH]c(=O)c1CCC(=O)Nc1ccc(N2CC(C)OC(C)C2)nc1. The van der Waals surface area contributed by atoms with E-state index in [1.165, 1.54) is 0 Å². The van der Waals surface area contributed by atoms with Crippen molar-refractivity contribution >= 4 is 17.4 Å². The highest BCUT2D eigenvalue weighted by Gasteiger charge is 2.23. The fraction of sp³-hybridized carbons (Fsp3) is 0.474. The third-order valence-corrected chi connectivity index (χ3v) is 4.63. The van der Waals surface area contributed by atoms with Crippen molar-refractivity contribution in [1.82, 2.24) is 15.0 Å². The van der Waals surface area contributed by atoms with Crippen LogP contribution in [0, 0.1) is 6.92 Å². The maximum absolute atomic E-state index is 12.2. The summed E-state index contributed by atoms with van der Waals surface area (Å²) in [5.41, 5.74) is 0.454. The molecule has 2 aromatic heterocycles. The average molecular weight is 387 g/mol. The lowest BCUT2D eigenvalue weighted by molar-refractivity contribution is -0.116. The second-order valence-corrected chi connectivity index (χ2v) is 7.13. The van der Waals surface area contributed by atoms with Crippen LogP contribution in [-0.2, 0) is 16.0 Å². The number of nitrogens with zero attached hydrogens (tertiary/aromatic N) is 2. The molecule has 0 bridgehead atoms. The second-order valence-electron chi connectivity index (χ2n) is 7.13. The molecule has 2 unspecified atom stereocenters. The molecule has 3 N–H and O–H groups in total. The van der Waals surface area contributed by atoms with Crippen LogP contribution in [0.3, 0.4) is 0 Å². The van der Waals surface area contributed by atoms with Gasteiger partial charge in [0.2, 0.25) is 5.91 Å². The molecule has 1 aliphatic heterocycles. The lowest BCUT2D eigenvalue weighted by Crippen LogP contribution is -2.45. The van der Waals surface area contributed by atoms with Gasteiger partial charge >= 0.3 is 5.69 Å². The van der Waals surface area contributed by atoms with Gasteiger partial charge in [-0.3, -0.25) is 14.6 Å². The number of H-pyrrole nitrogens is 2. The summed E-state index contributed by atoms with van der Waals surface area (Å²) in [5.74, 6) is 0.614. The van der Waals surface area contributed by atoms with E-state index in [-0.39, 0.29) is 31.0 Å². The van der Waals surface area contributed by atoms with Crippen LogP contribution in [-0.4, -0.2) is 46.2 Å². The number of aromatic nitrogens is 3. The zero-order valence-electron chi connectivity index (χ0n) is 16.2. The number of hydrogen-bond donors (Lipinski definition) is 3. The average Bonchev–Trinajstić information content (AvgIpc) is 2.60. The number of aromatic amines is 2. The summed E-state index contributed by atoms with van der Waals surface area (Å²) in [7, 11) is 0. The minimum Gasteiger partial charge on any atom is -0.372 e. The zero-order chi connectivity index (χ0) is 20.3. The fourth-order valence-electron chi connectivity index (χ4n) is 3.40. The van der Waals surface area contributed by atoms with Gasteiger partial charge in [0.25, 0.3) is 5.56 Å². The van der Waals surface area contributed by atoms with E-state index in [1.807, 2.05) is 26.0 Å². The first-order valence-corrected chi connectivity index (χ1v) is 9.30. The molecule has 1 aliphatic rings. The third kappa shape index (κ3) is 4.86. The number of carbonyl (C=O) groups is 1. The van der Waals surface area contributed by atoms with Gasteiger partial charge in [0.1, 0.15) is 5.82 Å². The van der Waals surface area contributed by atoms with Gasteiger partial charge in [-0.2, -0.15) is 0 Å². The monoisotopic (exact) mass is 387 g/mol. The number of ether oxygens (including phenoxy) is 1. The number of hydrogen-bond acceptors (Lipinski definition) is 6. The lowest BCUT2D eigenvalue weighted by atomic mass is 10.1. The van der Waals surface area contributed by atoms with Crippen LogP contribution >= 0.6 is 0 Å². The Labute approximate surface area is 162 Å². The molecule has 150 valence electrons. The Morgan fingerprint density at radius 2 is 1.96 bits per heavy atom. The molecule has 0 aromatic carbocycles. The van der Waals surface area contributed by atoms with E-state index >= 15 is 0 Å². The quantitative estimate of drug-likeness (QED) is 0.703. The molecular weight excluding hydrogens is 362 g/mol. The van der Waals surface area contributed by atoms with Crippen molar-refractivity contribution < 1.29 is 9.53 Å². The van der Waals surface area contributed by atoms with Crippen LogP contribution in [0.2, 0.25) is 0 Å². The van der Waals surface area contributed by atoms with Gasteiger partial charge < -0.3 is 19.9 Å². The van der Waals surface area contributed by atoms with Crippen LogP contribution in [0.4, 0.5) is 11.5 Å². The summed E-state index contributed by atoms with van der Waals surface area (Å²) in [6.07, 6.45) is 2.26. The largest absolute Gasteiger partial charge is 0.372 e. The number of amides is 1. The summed E-state index contributed by atoms with van der Waals surface area (Å²) < 4.78 is 5.73. The topological polar surface area (TPSA) is 120 Å². The Bertz CT molecular complexity index is 940. The maximum Gasteiger partial charge on any atom is 0.325 e. The van der Waals surface area contributed by atoms with Crippen molar-refractivity contribution in [2.75, 3.05) is 23.3 Å². The molecule has 0 spiro atoms. The van der Waals surface area contributed by atoms with Crippen LogP contribution < -0.4 is 21.5 Å². The normalized spacial score (nSPS) is 19.5. The van der Waals surface area contributed by atoms with Crippen LogP contribution in [0.1, 0.15) is 31.5 Å². The van der Waals surface area contributed by atoms with Crippen LogP contribution in [0.15, 0.2) is 27.9 Å². The maximum atomic E-state index is 12.2. The van der Waals surface area contributed by atoms with Crippen molar-refractivity contribution in [3.63, 3.8) is 0 Å². The van der Waals surface area contributed by atoms with E-state index in [0.717, 1.165) is 18.9 Å². The van der Waals surface area contributed by atoms with Crippen molar-refractivity contribution in [2.24, 2.45) is 0 Å². The van der Waals surface area contributed by atoms with Crippen molar-refractivity contribution in [3.05, 3.63) is 50.4 Å². The molecule has 1 amide bonds. The van der Waals surface area contributed by atoms with Gasteiger partial charge in [0.05, 0.1) is 24.1 Å². The summed E-state index contributed by atoms with van der Waals surface area (Å²) >= 11 is 0. The zero-order valence-corrected chi connectivity index (χ0v) is 16.2. The predicted molar refractivity (Wildman–Crippen MR) is 106 cm³/mol. The van der Waals surface area contributed by atoms with E-state index in [9.17, 15) is 14.4 Å². The van der Waals surface area contributed by atoms with E-state index in [2.05, 4.69) is 25.2 Å². The van der Waals surface area contributed by atoms with Crippen LogP contribution in [0.25, 0.3) is 0 Å².